The highest BCUT2D eigenvalue weighted by molar-refractivity contribution is 6.09. The highest BCUT2D eigenvalue weighted by atomic mass is 16.3. The fourth-order valence-electron chi connectivity index (χ4n) is 5.51. The van der Waals surface area contributed by atoms with Crippen molar-refractivity contribution < 1.29 is 4.42 Å². The summed E-state index contributed by atoms with van der Waals surface area (Å²) in [4.78, 5) is 2.26. The summed E-state index contributed by atoms with van der Waals surface area (Å²) < 4.78 is 6.41. The van der Waals surface area contributed by atoms with Crippen molar-refractivity contribution in [2.75, 3.05) is 4.90 Å². The Balaban J connectivity index is 1.60. The van der Waals surface area contributed by atoms with E-state index in [9.17, 15) is 0 Å². The van der Waals surface area contributed by atoms with Gasteiger partial charge in [0, 0.05) is 27.6 Å². The summed E-state index contributed by atoms with van der Waals surface area (Å²) in [5, 5.41) is 2.25. The molecule has 2 heteroatoms. The van der Waals surface area contributed by atoms with E-state index in [0.29, 0.717) is 0 Å². The molecule has 0 unspecified atom stereocenters. The monoisotopic (exact) mass is 441 g/mol. The average Bonchev–Trinajstić information content (AvgIpc) is 3.36. The van der Waals surface area contributed by atoms with E-state index < -0.39 is 0 Å². The van der Waals surface area contributed by atoms with Gasteiger partial charge in [0.05, 0.1) is 5.69 Å². The third-order valence-corrected chi connectivity index (χ3v) is 7.21. The van der Waals surface area contributed by atoms with Gasteiger partial charge in [-0.3, -0.25) is 0 Å². The smallest absolute Gasteiger partial charge is 0.159 e. The molecule has 34 heavy (non-hydrogen) atoms. The van der Waals surface area contributed by atoms with Crippen molar-refractivity contribution in [3.63, 3.8) is 0 Å². The molecule has 0 spiro atoms. The lowest BCUT2D eigenvalue weighted by atomic mass is 9.82. The lowest BCUT2D eigenvalue weighted by molar-refractivity contribution is 0.660. The summed E-state index contributed by atoms with van der Waals surface area (Å²) in [5.41, 5.74) is 10.2. The number of allylic oxidation sites excluding steroid dienone is 2. The summed E-state index contributed by atoms with van der Waals surface area (Å²) in [6.45, 7) is 10.8. The predicted octanol–water partition coefficient (Wildman–Crippen LogP) is 9.12. The molecule has 1 aliphatic carbocycles. The quantitative estimate of drug-likeness (QED) is 0.259. The number of furan rings is 1. The number of fused-ring (bicyclic) bond motifs is 6. The van der Waals surface area contributed by atoms with Crippen LogP contribution < -0.4 is 4.90 Å². The lowest BCUT2D eigenvalue weighted by Crippen LogP contribution is -2.18. The maximum atomic E-state index is 6.41. The molecule has 6 rings (SSSR count). The minimum atomic E-state index is -0.0662. The molecule has 0 radical (unpaired) electrons. The Bertz CT molecular complexity index is 1620. The van der Waals surface area contributed by atoms with Crippen molar-refractivity contribution in [3.8, 4) is 11.1 Å². The SMILES string of the molecule is C=C/C(=C\C)N(c1ccc2c(c1)C(C)(C)c1ccccc1-2)c1cccc2c1oc1ccccc12. The molecule has 2 nitrogen and oxygen atoms in total. The van der Waals surface area contributed by atoms with Crippen LogP contribution >= 0.6 is 0 Å². The largest absolute Gasteiger partial charge is 0.454 e. The van der Waals surface area contributed by atoms with Gasteiger partial charge < -0.3 is 9.32 Å². The van der Waals surface area contributed by atoms with E-state index in [-0.39, 0.29) is 5.41 Å². The number of anilines is 2. The molecule has 0 saturated carbocycles. The van der Waals surface area contributed by atoms with Crippen LogP contribution in [0, 0.1) is 0 Å². The van der Waals surface area contributed by atoms with Crippen molar-refractivity contribution >= 4 is 33.3 Å². The van der Waals surface area contributed by atoms with E-state index in [1.54, 1.807) is 0 Å². The first-order valence-corrected chi connectivity index (χ1v) is 11.8. The molecule has 4 aromatic carbocycles. The molecular weight excluding hydrogens is 414 g/mol. The Hall–Kier alpha value is -4.04. The highest BCUT2D eigenvalue weighted by Gasteiger charge is 2.35. The van der Waals surface area contributed by atoms with Gasteiger partial charge in [-0.1, -0.05) is 87.2 Å². The average molecular weight is 442 g/mol. The second-order valence-electron chi connectivity index (χ2n) is 9.41. The van der Waals surface area contributed by atoms with Crippen LogP contribution in [0.2, 0.25) is 0 Å². The van der Waals surface area contributed by atoms with Crippen LogP contribution in [-0.4, -0.2) is 0 Å². The number of hydrogen-bond acceptors (Lipinski definition) is 2. The van der Waals surface area contributed by atoms with Gasteiger partial charge in [-0.25, -0.2) is 0 Å². The predicted molar refractivity (Wildman–Crippen MR) is 144 cm³/mol. The van der Waals surface area contributed by atoms with Crippen LogP contribution in [0.1, 0.15) is 31.9 Å². The van der Waals surface area contributed by atoms with E-state index >= 15 is 0 Å². The normalized spacial score (nSPS) is 14.3. The first kappa shape index (κ1) is 20.6. The topological polar surface area (TPSA) is 16.4 Å². The van der Waals surface area contributed by atoms with Crippen LogP contribution in [-0.2, 0) is 5.41 Å². The molecule has 0 aliphatic heterocycles. The first-order valence-electron chi connectivity index (χ1n) is 11.8. The zero-order valence-corrected chi connectivity index (χ0v) is 19.8. The van der Waals surface area contributed by atoms with E-state index in [1.165, 1.54) is 22.3 Å². The van der Waals surface area contributed by atoms with Crippen LogP contribution in [0.3, 0.4) is 0 Å². The molecule has 166 valence electrons. The van der Waals surface area contributed by atoms with E-state index in [1.807, 2.05) is 18.2 Å². The summed E-state index contributed by atoms with van der Waals surface area (Å²) in [7, 11) is 0. The maximum absolute atomic E-state index is 6.41. The fraction of sp³-hybridized carbons (Fsp3) is 0.125. The third kappa shape index (κ3) is 2.82. The Morgan fingerprint density at radius 1 is 0.824 bits per heavy atom. The Morgan fingerprint density at radius 2 is 1.56 bits per heavy atom. The zero-order valence-electron chi connectivity index (χ0n) is 19.8. The van der Waals surface area contributed by atoms with Gasteiger partial charge >= 0.3 is 0 Å². The van der Waals surface area contributed by atoms with Gasteiger partial charge in [-0.05, 0) is 59.5 Å². The maximum Gasteiger partial charge on any atom is 0.159 e. The molecule has 0 saturated heterocycles. The van der Waals surface area contributed by atoms with Crippen molar-refractivity contribution in [2.24, 2.45) is 0 Å². The summed E-state index contributed by atoms with van der Waals surface area (Å²) in [6.07, 6.45) is 4.01. The molecule has 1 aromatic heterocycles. The Kier molecular flexibility index (Phi) is 4.53. The molecule has 0 N–H and O–H groups in total. The van der Waals surface area contributed by atoms with Gasteiger partial charge in [-0.15, -0.1) is 0 Å². The second-order valence-corrected chi connectivity index (χ2v) is 9.41. The Labute approximate surface area is 200 Å². The molecule has 1 aliphatic rings. The van der Waals surface area contributed by atoms with Crippen LogP contribution in [0.5, 0.6) is 0 Å². The molecule has 1 heterocycles. The van der Waals surface area contributed by atoms with Gasteiger partial charge in [-0.2, -0.15) is 0 Å². The van der Waals surface area contributed by atoms with Gasteiger partial charge in [0.25, 0.3) is 0 Å². The molecule has 0 bridgehead atoms. The number of rotatable bonds is 4. The van der Waals surface area contributed by atoms with Crippen molar-refractivity contribution in [2.45, 2.75) is 26.2 Å². The van der Waals surface area contributed by atoms with E-state index in [4.69, 9.17) is 4.42 Å². The van der Waals surface area contributed by atoms with Crippen molar-refractivity contribution in [1.82, 2.24) is 0 Å². The molecule has 0 atom stereocenters. The summed E-state index contributed by atoms with van der Waals surface area (Å²) in [6, 6.07) is 30.2. The standard InChI is InChI=1S/C32H27NO/c1-5-21(6-2)33(29-16-11-14-26-25-13-8-10-17-30(25)34-31(26)29)22-18-19-24-23-12-7-9-15-27(23)32(3,4)28(24)20-22/h5-20H,1H2,2-4H3/b21-6+. The van der Waals surface area contributed by atoms with Gasteiger partial charge in [0.2, 0.25) is 0 Å². The number of nitrogens with zero attached hydrogens (tertiary/aromatic N) is 1. The van der Waals surface area contributed by atoms with E-state index in [2.05, 4.69) is 111 Å². The minimum Gasteiger partial charge on any atom is -0.454 e. The molecule has 0 amide bonds. The van der Waals surface area contributed by atoms with Crippen LogP contribution in [0.25, 0.3) is 33.1 Å². The van der Waals surface area contributed by atoms with Crippen molar-refractivity contribution in [3.05, 3.63) is 120 Å². The van der Waals surface area contributed by atoms with Crippen LogP contribution in [0.15, 0.2) is 114 Å². The number of para-hydroxylation sites is 2. The second kappa shape index (κ2) is 7.50. The third-order valence-electron chi connectivity index (χ3n) is 7.21. The van der Waals surface area contributed by atoms with Gasteiger partial charge in [0.15, 0.2) is 5.58 Å². The molecule has 0 fully saturated rings. The highest BCUT2D eigenvalue weighted by Crippen LogP contribution is 2.50. The minimum absolute atomic E-state index is 0.0662. The number of hydrogen-bond donors (Lipinski definition) is 0. The van der Waals surface area contributed by atoms with Gasteiger partial charge in [0.1, 0.15) is 5.58 Å². The summed E-state index contributed by atoms with van der Waals surface area (Å²) in [5.74, 6) is 0. The Morgan fingerprint density at radius 3 is 2.38 bits per heavy atom. The van der Waals surface area contributed by atoms with Crippen LogP contribution in [0.4, 0.5) is 11.4 Å². The molecular formula is C32H27NO. The fourth-order valence-corrected chi connectivity index (χ4v) is 5.51. The van der Waals surface area contributed by atoms with Crippen molar-refractivity contribution in [1.29, 1.82) is 0 Å². The summed E-state index contributed by atoms with van der Waals surface area (Å²) >= 11 is 0. The number of benzene rings is 4. The zero-order chi connectivity index (χ0) is 23.4. The molecule has 5 aromatic rings. The first-order chi connectivity index (χ1) is 16.5. The lowest BCUT2D eigenvalue weighted by Gasteiger charge is -2.28. The van der Waals surface area contributed by atoms with E-state index in [0.717, 1.165) is 39.0 Å².